The van der Waals surface area contributed by atoms with E-state index >= 15 is 0 Å². The normalized spacial score (nSPS) is 10.7. The Kier molecular flexibility index (Phi) is 4.77. The molecule has 4 aromatic rings. The highest BCUT2D eigenvalue weighted by Gasteiger charge is 2.12. The molecule has 0 fully saturated rings. The number of amides is 1. The zero-order valence-corrected chi connectivity index (χ0v) is 14.9. The maximum atomic E-state index is 12.3. The van der Waals surface area contributed by atoms with Gasteiger partial charge in [0.15, 0.2) is 5.58 Å². The lowest BCUT2D eigenvalue weighted by Gasteiger charge is -2.09. The van der Waals surface area contributed by atoms with Crippen LogP contribution in [0.25, 0.3) is 11.0 Å². The van der Waals surface area contributed by atoms with E-state index in [0.29, 0.717) is 33.5 Å². The Morgan fingerprint density at radius 2 is 1.74 bits per heavy atom. The summed E-state index contributed by atoms with van der Waals surface area (Å²) >= 11 is 6.09. The molecule has 4 rings (SSSR count). The molecule has 3 aromatic carbocycles. The highest BCUT2D eigenvalue weighted by Crippen LogP contribution is 2.29. The Bertz CT molecular complexity index is 1090. The van der Waals surface area contributed by atoms with Gasteiger partial charge in [0.1, 0.15) is 17.2 Å². The first-order chi connectivity index (χ1) is 13.2. The number of aromatic nitrogens is 1. The monoisotopic (exact) mass is 378 g/mol. The highest BCUT2D eigenvalue weighted by atomic mass is 35.5. The van der Waals surface area contributed by atoms with Crippen molar-refractivity contribution in [1.29, 1.82) is 0 Å². The van der Waals surface area contributed by atoms with Crippen LogP contribution in [0, 0.1) is 0 Å². The van der Waals surface area contributed by atoms with Gasteiger partial charge in [0.05, 0.1) is 11.4 Å². The minimum atomic E-state index is -0.172. The summed E-state index contributed by atoms with van der Waals surface area (Å²) in [4.78, 5) is 12.3. The second-order valence-corrected chi connectivity index (χ2v) is 6.31. The van der Waals surface area contributed by atoms with Gasteiger partial charge in [0, 0.05) is 11.1 Å². The number of ether oxygens (including phenoxy) is 1. The number of nitrogens with one attached hydrogen (secondary N) is 1. The van der Waals surface area contributed by atoms with Gasteiger partial charge in [-0.25, -0.2) is 0 Å². The lowest BCUT2D eigenvalue weighted by molar-refractivity contribution is -0.115. The van der Waals surface area contributed by atoms with Crippen molar-refractivity contribution in [2.24, 2.45) is 0 Å². The van der Waals surface area contributed by atoms with Crippen LogP contribution in [0.1, 0.15) is 5.69 Å². The van der Waals surface area contributed by atoms with E-state index < -0.39 is 0 Å². The summed E-state index contributed by atoms with van der Waals surface area (Å²) < 4.78 is 11.0. The Morgan fingerprint density at radius 3 is 2.56 bits per heavy atom. The minimum Gasteiger partial charge on any atom is -0.456 e. The average Bonchev–Trinajstić information content (AvgIpc) is 3.08. The molecule has 6 heteroatoms. The number of carbonyl (C=O) groups excluding carboxylic acids is 1. The Morgan fingerprint density at radius 1 is 1.00 bits per heavy atom. The molecule has 1 aromatic heterocycles. The zero-order valence-electron chi connectivity index (χ0n) is 14.2. The van der Waals surface area contributed by atoms with E-state index in [-0.39, 0.29) is 12.3 Å². The van der Waals surface area contributed by atoms with E-state index in [9.17, 15) is 4.79 Å². The van der Waals surface area contributed by atoms with Gasteiger partial charge in [0.2, 0.25) is 5.91 Å². The number of nitrogens with zero attached hydrogens (tertiary/aromatic N) is 1. The fraction of sp³-hybridized carbons (Fsp3) is 0.0476. The summed E-state index contributed by atoms with van der Waals surface area (Å²) in [6.45, 7) is 0. The molecule has 27 heavy (non-hydrogen) atoms. The van der Waals surface area contributed by atoms with Crippen LogP contribution in [0.2, 0.25) is 5.02 Å². The van der Waals surface area contributed by atoms with E-state index in [2.05, 4.69) is 10.5 Å². The molecule has 0 unspecified atom stereocenters. The lowest BCUT2D eigenvalue weighted by Crippen LogP contribution is -2.14. The minimum absolute atomic E-state index is 0.134. The van der Waals surface area contributed by atoms with Crippen molar-refractivity contribution in [3.63, 3.8) is 0 Å². The van der Waals surface area contributed by atoms with E-state index in [4.69, 9.17) is 20.9 Å². The second-order valence-electron chi connectivity index (χ2n) is 5.91. The molecule has 0 aliphatic heterocycles. The van der Waals surface area contributed by atoms with Gasteiger partial charge in [-0.05, 0) is 48.5 Å². The molecule has 0 aliphatic carbocycles. The van der Waals surface area contributed by atoms with Crippen LogP contribution in [-0.2, 0) is 11.2 Å². The van der Waals surface area contributed by atoms with Crippen LogP contribution < -0.4 is 10.1 Å². The number of halogens is 1. The first kappa shape index (κ1) is 17.1. The van der Waals surface area contributed by atoms with Gasteiger partial charge in [-0.15, -0.1) is 0 Å². The molecule has 0 saturated carbocycles. The van der Waals surface area contributed by atoms with Crippen molar-refractivity contribution in [3.8, 4) is 11.5 Å². The van der Waals surface area contributed by atoms with Gasteiger partial charge in [0.25, 0.3) is 0 Å². The van der Waals surface area contributed by atoms with Gasteiger partial charge >= 0.3 is 0 Å². The smallest absolute Gasteiger partial charge is 0.230 e. The molecular formula is C21H15ClN2O3. The summed E-state index contributed by atoms with van der Waals surface area (Å²) in [5.74, 6) is 1.03. The maximum absolute atomic E-state index is 12.3. The number of benzene rings is 3. The highest BCUT2D eigenvalue weighted by molar-refractivity contribution is 6.32. The molecule has 5 nitrogen and oxygen atoms in total. The predicted molar refractivity (Wildman–Crippen MR) is 104 cm³/mol. The van der Waals surface area contributed by atoms with E-state index in [0.717, 1.165) is 5.39 Å². The maximum Gasteiger partial charge on any atom is 0.230 e. The topological polar surface area (TPSA) is 64.4 Å². The first-order valence-corrected chi connectivity index (χ1v) is 8.72. The molecule has 134 valence electrons. The largest absolute Gasteiger partial charge is 0.456 e. The quantitative estimate of drug-likeness (QED) is 0.501. The van der Waals surface area contributed by atoms with E-state index in [1.165, 1.54) is 0 Å². The van der Waals surface area contributed by atoms with Crippen LogP contribution >= 0.6 is 11.6 Å². The van der Waals surface area contributed by atoms with Crippen LogP contribution in [-0.4, -0.2) is 11.1 Å². The van der Waals surface area contributed by atoms with Gasteiger partial charge in [-0.1, -0.05) is 41.0 Å². The molecule has 0 aliphatic rings. The van der Waals surface area contributed by atoms with Crippen LogP contribution in [0.3, 0.4) is 0 Å². The standard InChI is InChI=1S/C21H15ClN2O3/c22-17-6-2-4-8-20(17)26-15-11-9-14(10-12-15)23-21(25)13-18-16-5-1-3-7-19(16)27-24-18/h1-12H,13H2,(H,23,25). The van der Waals surface area contributed by atoms with Crippen molar-refractivity contribution in [2.75, 3.05) is 5.32 Å². The van der Waals surface area contributed by atoms with Crippen molar-refractivity contribution >= 4 is 34.2 Å². The molecular weight excluding hydrogens is 364 g/mol. The second kappa shape index (κ2) is 7.51. The fourth-order valence-electron chi connectivity index (χ4n) is 2.68. The molecule has 1 amide bonds. The SMILES string of the molecule is O=C(Cc1noc2ccccc12)Nc1ccc(Oc2ccccc2Cl)cc1. The van der Waals surface area contributed by atoms with Crippen molar-refractivity contribution in [2.45, 2.75) is 6.42 Å². The van der Waals surface area contributed by atoms with Crippen LogP contribution in [0.15, 0.2) is 77.3 Å². The third-order valence-electron chi connectivity index (χ3n) is 3.98. The summed E-state index contributed by atoms with van der Waals surface area (Å²) in [5.41, 5.74) is 1.95. The third-order valence-corrected chi connectivity index (χ3v) is 4.29. The number of hydrogen-bond donors (Lipinski definition) is 1. The summed E-state index contributed by atoms with van der Waals surface area (Å²) in [6, 6.07) is 21.8. The molecule has 0 atom stereocenters. The molecule has 1 heterocycles. The summed E-state index contributed by atoms with van der Waals surface area (Å²) in [5, 5.41) is 8.20. The average molecular weight is 379 g/mol. The lowest BCUT2D eigenvalue weighted by atomic mass is 10.1. The molecule has 1 N–H and O–H groups in total. The Balaban J connectivity index is 1.41. The van der Waals surface area contributed by atoms with Crippen LogP contribution in [0.4, 0.5) is 5.69 Å². The van der Waals surface area contributed by atoms with E-state index in [1.54, 1.807) is 36.4 Å². The number of carbonyl (C=O) groups is 1. The number of hydrogen-bond acceptors (Lipinski definition) is 4. The fourth-order valence-corrected chi connectivity index (χ4v) is 2.86. The number of para-hydroxylation sites is 2. The first-order valence-electron chi connectivity index (χ1n) is 8.34. The molecule has 0 radical (unpaired) electrons. The van der Waals surface area contributed by atoms with E-state index in [1.807, 2.05) is 36.4 Å². The Labute approximate surface area is 160 Å². The third kappa shape index (κ3) is 3.93. The number of fused-ring (bicyclic) bond motifs is 1. The number of anilines is 1. The molecule has 0 bridgehead atoms. The van der Waals surface area contributed by atoms with Crippen LogP contribution in [0.5, 0.6) is 11.5 Å². The van der Waals surface area contributed by atoms with Gasteiger partial charge in [-0.3, -0.25) is 4.79 Å². The van der Waals surface area contributed by atoms with Crippen molar-refractivity contribution < 1.29 is 14.1 Å². The summed E-state index contributed by atoms with van der Waals surface area (Å²) in [6.07, 6.45) is 0.134. The summed E-state index contributed by atoms with van der Waals surface area (Å²) in [7, 11) is 0. The zero-order chi connectivity index (χ0) is 18.6. The van der Waals surface area contributed by atoms with Gasteiger partial charge in [-0.2, -0.15) is 0 Å². The molecule has 0 spiro atoms. The van der Waals surface area contributed by atoms with Gasteiger partial charge < -0.3 is 14.6 Å². The number of rotatable bonds is 5. The molecule has 0 saturated heterocycles. The predicted octanol–water partition coefficient (Wildman–Crippen LogP) is 5.45. The van der Waals surface area contributed by atoms with Crippen molar-refractivity contribution in [3.05, 3.63) is 83.5 Å². The van der Waals surface area contributed by atoms with Crippen molar-refractivity contribution in [1.82, 2.24) is 5.16 Å². The Hall–Kier alpha value is -3.31.